The lowest BCUT2D eigenvalue weighted by molar-refractivity contribution is -0.151. The number of esters is 1. The van der Waals surface area contributed by atoms with Gasteiger partial charge in [0.05, 0.1) is 0 Å². The van der Waals surface area contributed by atoms with Gasteiger partial charge in [-0.05, 0) is 44.6 Å². The summed E-state index contributed by atoms with van der Waals surface area (Å²) < 4.78 is 5.47. The van der Waals surface area contributed by atoms with Crippen molar-refractivity contribution in [2.24, 2.45) is 11.7 Å². The van der Waals surface area contributed by atoms with E-state index in [9.17, 15) is 4.79 Å². The maximum Gasteiger partial charge on any atom is 0.306 e. The zero-order valence-electron chi connectivity index (χ0n) is 10.4. The predicted molar refractivity (Wildman–Crippen MR) is 65.0 cm³/mol. The molecule has 0 aromatic rings. The van der Waals surface area contributed by atoms with E-state index in [-0.39, 0.29) is 12.1 Å². The number of carbonyl (C=O) groups excluding carboxylic acids is 1. The number of hydrogen-bond donors (Lipinski definition) is 1. The summed E-state index contributed by atoms with van der Waals surface area (Å²) in [5, 5.41) is 0. The Morgan fingerprint density at radius 1 is 1.31 bits per heavy atom. The Bertz CT molecular complexity index is 206. The number of ether oxygens (including phenoxy) is 1. The minimum absolute atomic E-state index is 0.0175. The maximum atomic E-state index is 11.5. The minimum Gasteiger partial charge on any atom is -0.462 e. The van der Waals surface area contributed by atoms with Crippen molar-refractivity contribution >= 4 is 5.97 Å². The molecule has 1 fully saturated rings. The second-order valence-corrected chi connectivity index (χ2v) is 4.98. The van der Waals surface area contributed by atoms with Crippen molar-refractivity contribution in [2.45, 2.75) is 64.4 Å². The molecule has 0 spiro atoms. The van der Waals surface area contributed by atoms with Gasteiger partial charge < -0.3 is 10.5 Å². The lowest BCUT2D eigenvalue weighted by Crippen LogP contribution is -2.24. The third kappa shape index (κ3) is 5.50. The highest BCUT2D eigenvalue weighted by Crippen LogP contribution is 2.26. The fourth-order valence-corrected chi connectivity index (χ4v) is 2.32. The maximum absolute atomic E-state index is 11.5. The molecule has 0 saturated heterocycles. The molecule has 16 heavy (non-hydrogen) atoms. The minimum atomic E-state index is -0.0175. The topological polar surface area (TPSA) is 52.3 Å². The Kier molecular flexibility index (Phi) is 6.46. The predicted octanol–water partition coefficient (Wildman–Crippen LogP) is 2.63. The van der Waals surface area contributed by atoms with Crippen LogP contribution in [-0.2, 0) is 9.53 Å². The summed E-state index contributed by atoms with van der Waals surface area (Å²) in [4.78, 5) is 11.5. The summed E-state index contributed by atoms with van der Waals surface area (Å²) in [6.45, 7) is 2.95. The zero-order chi connectivity index (χ0) is 11.8. The molecule has 0 amide bonds. The number of nitrogens with two attached hydrogens (primary N) is 1. The van der Waals surface area contributed by atoms with Crippen LogP contribution in [0.15, 0.2) is 0 Å². The average molecular weight is 227 g/mol. The van der Waals surface area contributed by atoms with Gasteiger partial charge in [-0.1, -0.05) is 19.8 Å². The van der Waals surface area contributed by atoms with Crippen LogP contribution in [-0.4, -0.2) is 18.6 Å². The van der Waals surface area contributed by atoms with Gasteiger partial charge in [-0.2, -0.15) is 0 Å². The van der Waals surface area contributed by atoms with E-state index < -0.39 is 0 Å². The van der Waals surface area contributed by atoms with Crippen LogP contribution >= 0.6 is 0 Å². The summed E-state index contributed by atoms with van der Waals surface area (Å²) in [5.74, 6) is 0.694. The van der Waals surface area contributed by atoms with E-state index in [2.05, 4.69) is 6.92 Å². The van der Waals surface area contributed by atoms with Gasteiger partial charge in [0, 0.05) is 6.42 Å². The van der Waals surface area contributed by atoms with Gasteiger partial charge in [-0.3, -0.25) is 4.79 Å². The number of unbranched alkanes of at least 4 members (excludes halogenated alkanes) is 2. The van der Waals surface area contributed by atoms with E-state index >= 15 is 0 Å². The third-order valence-corrected chi connectivity index (χ3v) is 3.27. The quantitative estimate of drug-likeness (QED) is 0.560. The molecule has 0 aromatic heterocycles. The molecule has 94 valence electrons. The summed E-state index contributed by atoms with van der Waals surface area (Å²) in [5.41, 5.74) is 5.39. The van der Waals surface area contributed by atoms with E-state index in [1.165, 1.54) is 12.8 Å². The lowest BCUT2D eigenvalue weighted by atomic mass is 9.89. The molecule has 2 atom stereocenters. The van der Waals surface area contributed by atoms with E-state index in [4.69, 9.17) is 10.5 Å². The van der Waals surface area contributed by atoms with Gasteiger partial charge in [0.25, 0.3) is 0 Å². The van der Waals surface area contributed by atoms with E-state index in [0.29, 0.717) is 12.3 Å². The molecular weight excluding hydrogens is 202 g/mol. The first-order valence-electron chi connectivity index (χ1n) is 6.62. The van der Waals surface area contributed by atoms with Crippen LogP contribution in [0.25, 0.3) is 0 Å². The van der Waals surface area contributed by atoms with Crippen molar-refractivity contribution < 1.29 is 9.53 Å². The second-order valence-electron chi connectivity index (χ2n) is 4.98. The van der Waals surface area contributed by atoms with Crippen molar-refractivity contribution in [3.8, 4) is 0 Å². The SMILES string of the molecule is CC1CCCC(OC(=O)CCCCCN)C1. The molecule has 3 heteroatoms. The van der Waals surface area contributed by atoms with Gasteiger partial charge in [0.2, 0.25) is 0 Å². The highest BCUT2D eigenvalue weighted by molar-refractivity contribution is 5.69. The molecule has 3 nitrogen and oxygen atoms in total. The van der Waals surface area contributed by atoms with E-state index in [1.807, 2.05) is 0 Å². The molecule has 0 heterocycles. The Labute approximate surface area is 98.7 Å². The van der Waals surface area contributed by atoms with Crippen molar-refractivity contribution in [2.75, 3.05) is 6.54 Å². The summed E-state index contributed by atoms with van der Waals surface area (Å²) >= 11 is 0. The fourth-order valence-electron chi connectivity index (χ4n) is 2.32. The van der Waals surface area contributed by atoms with Crippen LogP contribution < -0.4 is 5.73 Å². The largest absolute Gasteiger partial charge is 0.462 e. The molecule has 1 aliphatic carbocycles. The third-order valence-electron chi connectivity index (χ3n) is 3.27. The molecule has 1 saturated carbocycles. The van der Waals surface area contributed by atoms with Crippen LogP contribution in [0.1, 0.15) is 58.3 Å². The van der Waals surface area contributed by atoms with Crippen molar-refractivity contribution in [1.29, 1.82) is 0 Å². The second kappa shape index (κ2) is 7.66. The Morgan fingerprint density at radius 3 is 2.81 bits per heavy atom. The van der Waals surface area contributed by atoms with Gasteiger partial charge in [-0.15, -0.1) is 0 Å². The van der Waals surface area contributed by atoms with Gasteiger partial charge >= 0.3 is 5.97 Å². The number of carbonyl (C=O) groups is 1. The van der Waals surface area contributed by atoms with Crippen molar-refractivity contribution in [3.63, 3.8) is 0 Å². The molecule has 0 bridgehead atoms. The first-order chi connectivity index (χ1) is 7.72. The molecule has 0 aliphatic heterocycles. The molecule has 0 aromatic carbocycles. The summed E-state index contributed by atoms with van der Waals surface area (Å²) in [7, 11) is 0. The highest BCUT2D eigenvalue weighted by Gasteiger charge is 2.21. The molecule has 1 aliphatic rings. The Balaban J connectivity index is 2.08. The molecule has 0 radical (unpaired) electrons. The van der Waals surface area contributed by atoms with Gasteiger partial charge in [0.15, 0.2) is 0 Å². The first-order valence-corrected chi connectivity index (χ1v) is 6.62. The first kappa shape index (κ1) is 13.5. The molecular formula is C13H25NO2. The van der Waals surface area contributed by atoms with Crippen LogP contribution in [0.3, 0.4) is 0 Å². The van der Waals surface area contributed by atoms with Crippen LogP contribution in [0, 0.1) is 5.92 Å². The average Bonchev–Trinajstić information content (AvgIpc) is 2.24. The van der Waals surface area contributed by atoms with E-state index in [0.717, 1.165) is 38.6 Å². The molecule has 2 N–H and O–H groups in total. The normalized spacial score (nSPS) is 25.4. The van der Waals surface area contributed by atoms with Gasteiger partial charge in [-0.25, -0.2) is 0 Å². The monoisotopic (exact) mass is 227 g/mol. The van der Waals surface area contributed by atoms with Crippen LogP contribution in [0.4, 0.5) is 0 Å². The van der Waals surface area contributed by atoms with Crippen LogP contribution in [0.5, 0.6) is 0 Å². The standard InChI is InChI=1S/C13H25NO2/c1-11-6-5-7-12(10-11)16-13(15)8-3-2-4-9-14/h11-12H,2-10,14H2,1H3. The molecule has 2 unspecified atom stereocenters. The number of hydrogen-bond acceptors (Lipinski definition) is 3. The van der Waals surface area contributed by atoms with Crippen molar-refractivity contribution in [3.05, 3.63) is 0 Å². The van der Waals surface area contributed by atoms with E-state index in [1.54, 1.807) is 0 Å². The summed E-state index contributed by atoms with van der Waals surface area (Å²) in [6.07, 6.45) is 8.29. The zero-order valence-corrected chi connectivity index (χ0v) is 10.4. The van der Waals surface area contributed by atoms with Gasteiger partial charge in [0.1, 0.15) is 6.10 Å². The highest BCUT2D eigenvalue weighted by atomic mass is 16.5. The fraction of sp³-hybridized carbons (Fsp3) is 0.923. The Morgan fingerprint density at radius 2 is 2.12 bits per heavy atom. The van der Waals surface area contributed by atoms with Crippen molar-refractivity contribution in [1.82, 2.24) is 0 Å². The number of rotatable bonds is 6. The summed E-state index contributed by atoms with van der Waals surface area (Å²) in [6, 6.07) is 0. The Hall–Kier alpha value is -0.570. The molecule has 1 rings (SSSR count). The smallest absolute Gasteiger partial charge is 0.306 e. The van der Waals surface area contributed by atoms with Crippen LogP contribution in [0.2, 0.25) is 0 Å². The lowest BCUT2D eigenvalue weighted by Gasteiger charge is -2.26.